The highest BCUT2D eigenvalue weighted by Crippen LogP contribution is 2.38. The summed E-state index contributed by atoms with van der Waals surface area (Å²) in [6, 6.07) is 0. The Kier molecular flexibility index (Phi) is 4.26. The quantitative estimate of drug-likeness (QED) is 0.876. The Balaban J connectivity index is 1.71. The highest BCUT2D eigenvalue weighted by molar-refractivity contribution is 7.17. The van der Waals surface area contributed by atoms with E-state index in [1.165, 1.54) is 11.3 Å². The summed E-state index contributed by atoms with van der Waals surface area (Å²) in [5, 5.41) is 3.28. The zero-order chi connectivity index (χ0) is 18.6. The number of carbonyl (C=O) groups excluding carboxylic acids is 3. The maximum absolute atomic E-state index is 12.5. The van der Waals surface area contributed by atoms with Crippen LogP contribution in [-0.2, 0) is 16.0 Å². The topological polar surface area (TPSA) is 79.4 Å². The van der Waals surface area contributed by atoms with Gasteiger partial charge in [-0.05, 0) is 32.6 Å². The van der Waals surface area contributed by atoms with Crippen molar-refractivity contribution in [2.75, 3.05) is 11.9 Å². The highest BCUT2D eigenvalue weighted by atomic mass is 32.1. The van der Waals surface area contributed by atoms with E-state index in [1.807, 2.05) is 20.8 Å². The Hall–Kier alpha value is -1.76. The number of rotatable bonds is 2. The van der Waals surface area contributed by atoms with E-state index in [2.05, 4.69) is 24.1 Å². The minimum Gasteiger partial charge on any atom is -0.337 e. The SMILES string of the molecule is CC1(C)CC(=O)c2sc(NC(=O)C3CC(=O)N(C(C)(C)C)C3)nc2C1. The Labute approximate surface area is 152 Å². The third kappa shape index (κ3) is 3.61. The lowest BCUT2D eigenvalue weighted by molar-refractivity contribution is -0.131. The molecule has 1 N–H and O–H groups in total. The highest BCUT2D eigenvalue weighted by Gasteiger charge is 2.40. The number of aromatic nitrogens is 1. The average molecular weight is 363 g/mol. The Morgan fingerprint density at radius 3 is 2.56 bits per heavy atom. The smallest absolute Gasteiger partial charge is 0.231 e. The largest absolute Gasteiger partial charge is 0.337 e. The van der Waals surface area contributed by atoms with Gasteiger partial charge in [0.15, 0.2) is 10.9 Å². The number of fused-ring (bicyclic) bond motifs is 1. The van der Waals surface area contributed by atoms with Gasteiger partial charge in [0.1, 0.15) is 0 Å². The van der Waals surface area contributed by atoms with Crippen LogP contribution in [0.4, 0.5) is 5.13 Å². The molecule has 1 fully saturated rings. The van der Waals surface area contributed by atoms with Crippen molar-refractivity contribution < 1.29 is 14.4 Å². The summed E-state index contributed by atoms with van der Waals surface area (Å²) >= 11 is 1.25. The van der Waals surface area contributed by atoms with Gasteiger partial charge in [-0.15, -0.1) is 0 Å². The number of hydrogen-bond acceptors (Lipinski definition) is 5. The van der Waals surface area contributed by atoms with Crippen LogP contribution < -0.4 is 5.32 Å². The van der Waals surface area contributed by atoms with Gasteiger partial charge in [-0.1, -0.05) is 25.2 Å². The number of amides is 2. The summed E-state index contributed by atoms with van der Waals surface area (Å²) in [7, 11) is 0. The van der Waals surface area contributed by atoms with Crippen LogP contribution in [0.3, 0.4) is 0 Å². The lowest BCUT2D eigenvalue weighted by atomic mass is 9.78. The lowest BCUT2D eigenvalue weighted by Crippen LogP contribution is -2.42. The molecule has 0 spiro atoms. The van der Waals surface area contributed by atoms with Crippen molar-refractivity contribution in [1.29, 1.82) is 0 Å². The van der Waals surface area contributed by atoms with Gasteiger partial charge in [0, 0.05) is 24.9 Å². The van der Waals surface area contributed by atoms with Crippen LogP contribution in [0.15, 0.2) is 0 Å². The van der Waals surface area contributed by atoms with Crippen LogP contribution in [0.2, 0.25) is 0 Å². The molecule has 1 aliphatic heterocycles. The number of thiazole rings is 1. The summed E-state index contributed by atoms with van der Waals surface area (Å²) in [6.45, 7) is 10.4. The summed E-state index contributed by atoms with van der Waals surface area (Å²) in [4.78, 5) is 43.8. The van der Waals surface area contributed by atoms with E-state index in [4.69, 9.17) is 0 Å². The van der Waals surface area contributed by atoms with Crippen LogP contribution in [0.5, 0.6) is 0 Å². The zero-order valence-electron chi connectivity index (χ0n) is 15.4. The number of nitrogens with zero attached hydrogens (tertiary/aromatic N) is 2. The molecule has 0 bridgehead atoms. The molecule has 6 nitrogen and oxygen atoms in total. The first kappa shape index (κ1) is 18.0. The van der Waals surface area contributed by atoms with E-state index in [1.54, 1.807) is 4.90 Å². The van der Waals surface area contributed by atoms with E-state index in [0.29, 0.717) is 23.0 Å². The monoisotopic (exact) mass is 363 g/mol. The van der Waals surface area contributed by atoms with Crippen LogP contribution in [0, 0.1) is 11.3 Å². The van der Waals surface area contributed by atoms with Gasteiger partial charge in [0.05, 0.1) is 16.5 Å². The van der Waals surface area contributed by atoms with Crippen molar-refractivity contribution in [2.45, 2.75) is 59.4 Å². The van der Waals surface area contributed by atoms with Gasteiger partial charge < -0.3 is 10.2 Å². The van der Waals surface area contributed by atoms with Crippen molar-refractivity contribution in [3.63, 3.8) is 0 Å². The normalized spacial score (nSPS) is 22.9. The molecule has 7 heteroatoms. The molecular formula is C18H25N3O3S. The first-order valence-electron chi connectivity index (χ1n) is 8.60. The first-order chi connectivity index (χ1) is 11.5. The minimum absolute atomic E-state index is 0.00279. The molecule has 2 heterocycles. The average Bonchev–Trinajstić information content (AvgIpc) is 3.00. The number of carbonyl (C=O) groups is 3. The molecule has 1 aliphatic carbocycles. The molecule has 1 aromatic rings. The van der Waals surface area contributed by atoms with E-state index in [9.17, 15) is 14.4 Å². The molecule has 0 saturated carbocycles. The van der Waals surface area contributed by atoms with Crippen molar-refractivity contribution >= 4 is 34.1 Å². The van der Waals surface area contributed by atoms with Crippen molar-refractivity contribution in [1.82, 2.24) is 9.88 Å². The van der Waals surface area contributed by atoms with Gasteiger partial charge in [0.25, 0.3) is 0 Å². The first-order valence-corrected chi connectivity index (χ1v) is 9.42. The number of likely N-dealkylation sites (tertiary alicyclic amines) is 1. The van der Waals surface area contributed by atoms with Gasteiger partial charge in [0.2, 0.25) is 11.8 Å². The number of Topliss-reactive ketones (excluding diaryl/α,β-unsaturated/α-hetero) is 1. The third-order valence-corrected chi connectivity index (χ3v) is 5.83. The fraction of sp³-hybridized carbons (Fsp3) is 0.667. The van der Waals surface area contributed by atoms with E-state index < -0.39 is 0 Å². The molecule has 3 rings (SSSR count). The second kappa shape index (κ2) is 5.90. The second-order valence-electron chi connectivity index (χ2n) is 8.80. The van der Waals surface area contributed by atoms with Crippen LogP contribution >= 0.6 is 11.3 Å². The lowest BCUT2D eigenvalue weighted by Gasteiger charge is -2.31. The molecule has 1 aromatic heterocycles. The van der Waals surface area contributed by atoms with Crippen molar-refractivity contribution in [3.05, 3.63) is 10.6 Å². The second-order valence-corrected chi connectivity index (χ2v) is 9.80. The summed E-state index contributed by atoms with van der Waals surface area (Å²) in [5.41, 5.74) is 0.398. The Morgan fingerprint density at radius 2 is 1.96 bits per heavy atom. The predicted octanol–water partition coefficient (Wildman–Crippen LogP) is 2.88. The Morgan fingerprint density at radius 1 is 1.28 bits per heavy atom. The summed E-state index contributed by atoms with van der Waals surface area (Å²) < 4.78 is 0. The van der Waals surface area contributed by atoms with Gasteiger partial charge in [-0.3, -0.25) is 14.4 Å². The van der Waals surface area contributed by atoms with E-state index in [-0.39, 0.29) is 40.9 Å². The molecule has 136 valence electrons. The molecular weight excluding hydrogens is 338 g/mol. The minimum atomic E-state index is -0.375. The number of nitrogens with one attached hydrogen (secondary N) is 1. The van der Waals surface area contributed by atoms with Crippen LogP contribution in [0.25, 0.3) is 0 Å². The molecule has 2 aliphatic rings. The third-order valence-electron chi connectivity index (χ3n) is 4.77. The standard InChI is InChI=1S/C18H25N3O3S/c1-17(2,3)21-9-10(6-13(21)23)15(24)20-16-19-11-7-18(4,5)8-12(22)14(11)25-16/h10H,6-9H2,1-5H3,(H,19,20,24). The van der Waals surface area contributed by atoms with Crippen molar-refractivity contribution in [2.24, 2.45) is 11.3 Å². The van der Waals surface area contributed by atoms with Gasteiger partial charge >= 0.3 is 0 Å². The summed E-state index contributed by atoms with van der Waals surface area (Å²) in [5.74, 6) is -0.472. The maximum atomic E-state index is 12.5. The van der Waals surface area contributed by atoms with Gasteiger partial charge in [-0.2, -0.15) is 0 Å². The van der Waals surface area contributed by atoms with E-state index >= 15 is 0 Å². The molecule has 1 unspecified atom stereocenters. The molecule has 0 aromatic carbocycles. The fourth-order valence-corrected chi connectivity index (χ4v) is 4.43. The molecule has 0 radical (unpaired) electrons. The zero-order valence-corrected chi connectivity index (χ0v) is 16.2. The number of anilines is 1. The number of ketones is 1. The number of hydrogen-bond donors (Lipinski definition) is 1. The predicted molar refractivity (Wildman–Crippen MR) is 96.7 cm³/mol. The van der Waals surface area contributed by atoms with Crippen LogP contribution in [-0.4, -0.2) is 39.6 Å². The van der Waals surface area contributed by atoms with E-state index in [0.717, 1.165) is 12.1 Å². The molecule has 1 saturated heterocycles. The summed E-state index contributed by atoms with van der Waals surface area (Å²) in [6.07, 6.45) is 1.47. The van der Waals surface area contributed by atoms with Crippen LogP contribution in [0.1, 0.15) is 62.8 Å². The molecule has 2 amide bonds. The van der Waals surface area contributed by atoms with Crippen molar-refractivity contribution in [3.8, 4) is 0 Å². The molecule has 25 heavy (non-hydrogen) atoms. The fourth-order valence-electron chi connectivity index (χ4n) is 3.51. The molecule has 1 atom stereocenters. The maximum Gasteiger partial charge on any atom is 0.231 e. The Bertz CT molecular complexity index is 745. The van der Waals surface area contributed by atoms with Gasteiger partial charge in [-0.25, -0.2) is 4.98 Å².